The van der Waals surface area contributed by atoms with Crippen LogP contribution in [0.5, 0.6) is 0 Å². The van der Waals surface area contributed by atoms with Crippen LogP contribution < -0.4 is 21.5 Å². The zero-order valence-corrected chi connectivity index (χ0v) is 13.9. The van der Waals surface area contributed by atoms with Crippen LogP contribution in [-0.2, 0) is 16.0 Å². The summed E-state index contributed by atoms with van der Waals surface area (Å²) >= 11 is 0. The van der Waals surface area contributed by atoms with Crippen molar-refractivity contribution < 1.29 is 24.5 Å². The number of ether oxygens (including phenoxy) is 2. The molecular weight excluding hydrogens is 328 g/mol. The number of nitrogens with zero attached hydrogens (tertiary/aromatic N) is 3. The lowest BCUT2D eigenvalue weighted by atomic mass is 9.86. The fourth-order valence-corrected chi connectivity index (χ4v) is 3.83. The first-order chi connectivity index (χ1) is 11.8. The predicted octanol–water partition coefficient (Wildman–Crippen LogP) is -1.20. The Hall–Kier alpha value is -2.52. The maximum absolute atomic E-state index is 12.4. The highest BCUT2D eigenvalue weighted by Gasteiger charge is 2.46. The van der Waals surface area contributed by atoms with E-state index in [-0.39, 0.29) is 41.4 Å². The highest BCUT2D eigenvalue weighted by molar-refractivity contribution is 5.65. The van der Waals surface area contributed by atoms with E-state index in [0.717, 1.165) is 0 Å². The topological polar surface area (TPSA) is 130 Å². The van der Waals surface area contributed by atoms with Crippen LogP contribution in [0.3, 0.4) is 0 Å². The monoisotopic (exact) mass is 348 g/mol. The second kappa shape index (κ2) is 5.24. The van der Waals surface area contributed by atoms with Crippen LogP contribution in [-0.4, -0.2) is 37.9 Å². The molecule has 0 bridgehead atoms. The van der Waals surface area contributed by atoms with Gasteiger partial charge in [0.25, 0.3) is 5.88 Å². The molecule has 4 N–H and O–H groups in total. The van der Waals surface area contributed by atoms with Crippen LogP contribution in [0.4, 0.5) is 0 Å². The number of nitrogens with two attached hydrogens (primary N) is 1. The molecule has 1 fully saturated rings. The number of aliphatic hydroxyl groups excluding tert-OH is 2. The van der Waals surface area contributed by atoms with Gasteiger partial charge in [-0.2, -0.15) is 4.57 Å². The second-order valence-corrected chi connectivity index (χ2v) is 6.92. The molecule has 3 unspecified atom stereocenters. The molecule has 25 heavy (non-hydrogen) atoms. The average molecular weight is 348 g/mol. The normalized spacial score (nSPS) is 33.5. The fraction of sp³-hybridized carbons (Fsp3) is 0.500. The summed E-state index contributed by atoms with van der Waals surface area (Å²) < 4.78 is 13.5. The van der Waals surface area contributed by atoms with Gasteiger partial charge >= 0.3 is 11.0 Å². The molecular formula is C16H20N4O5. The van der Waals surface area contributed by atoms with Crippen LogP contribution in [0.25, 0.3) is 11.5 Å². The molecule has 0 saturated carbocycles. The van der Waals surface area contributed by atoms with Gasteiger partial charge in [-0.05, 0) is 31.4 Å². The number of hydrogen-bond donors (Lipinski definition) is 3. The number of fused-ring (bicyclic) bond motifs is 3. The van der Waals surface area contributed by atoms with E-state index in [4.69, 9.17) is 15.2 Å². The summed E-state index contributed by atoms with van der Waals surface area (Å²) in [4.78, 5) is 0.380. The number of rotatable bonds is 0. The highest BCUT2D eigenvalue weighted by atomic mass is 16.8. The van der Waals surface area contributed by atoms with Crippen molar-refractivity contribution in [3.63, 3.8) is 0 Å². The first-order valence-electron chi connectivity index (χ1n) is 8.09. The van der Waals surface area contributed by atoms with Gasteiger partial charge in [-0.25, -0.2) is 0 Å². The van der Waals surface area contributed by atoms with E-state index >= 15 is 0 Å². The van der Waals surface area contributed by atoms with Gasteiger partial charge in [0.05, 0.1) is 11.7 Å². The fourth-order valence-electron chi connectivity index (χ4n) is 3.83. The summed E-state index contributed by atoms with van der Waals surface area (Å²) in [6, 6.07) is 0. The van der Waals surface area contributed by atoms with Gasteiger partial charge in [0.1, 0.15) is 18.4 Å². The molecule has 0 spiro atoms. The van der Waals surface area contributed by atoms with Gasteiger partial charge in [0.2, 0.25) is 0 Å². The van der Waals surface area contributed by atoms with Crippen LogP contribution in [0, 0.1) is 11.1 Å². The van der Waals surface area contributed by atoms with Crippen LogP contribution in [0.1, 0.15) is 20.3 Å². The Labute approximate surface area is 143 Å². The molecule has 0 radical (unpaired) electrons. The highest BCUT2D eigenvalue weighted by Crippen LogP contribution is 2.37. The maximum atomic E-state index is 12.4. The van der Waals surface area contributed by atoms with E-state index in [1.165, 1.54) is 10.6 Å². The van der Waals surface area contributed by atoms with Crippen LogP contribution >= 0.6 is 0 Å². The second-order valence-electron chi connectivity index (χ2n) is 6.92. The van der Waals surface area contributed by atoms with E-state index in [9.17, 15) is 15.4 Å². The minimum atomic E-state index is -0.765. The molecule has 1 saturated heterocycles. The third kappa shape index (κ3) is 2.47. The van der Waals surface area contributed by atoms with E-state index in [1.807, 2.05) is 19.9 Å². The average Bonchev–Trinajstić information content (AvgIpc) is 2.95. The van der Waals surface area contributed by atoms with Crippen molar-refractivity contribution in [2.75, 3.05) is 0 Å². The largest absolute Gasteiger partial charge is 0.690 e. The number of aromatic nitrogens is 3. The standard InChI is InChI=1S/C16H20N4O5/c1-16(2)24-10-6-8-4-3-5-9(21)12(8)15-19(7-11(10)25-16)14(13(17)22)18-20(15)23/h3-5,8,10-11,21-22H,6-7,17H2,1-2H3/b14-13?,15-12-. The summed E-state index contributed by atoms with van der Waals surface area (Å²) in [6.45, 7) is 3.87. The Morgan fingerprint density at radius 1 is 1.44 bits per heavy atom. The minimum absolute atomic E-state index is 0.0158. The molecule has 2 aliphatic heterocycles. The molecule has 1 aromatic heterocycles. The third-order valence-corrected chi connectivity index (χ3v) is 4.73. The molecule has 1 aromatic rings. The Morgan fingerprint density at radius 3 is 2.88 bits per heavy atom. The molecule has 134 valence electrons. The van der Waals surface area contributed by atoms with Crippen LogP contribution in [0.15, 0.2) is 24.0 Å². The SMILES string of the molecule is CC1(C)OC2CC3C=CC=C(O)/C3=c3/n(c(=C(N)O)n[n+]3[O-])CC2O1. The lowest BCUT2D eigenvalue weighted by molar-refractivity contribution is -0.681. The number of hydrogen-bond acceptors (Lipinski definition) is 7. The first kappa shape index (κ1) is 16.0. The molecule has 3 heterocycles. The quantitative estimate of drug-likeness (QED) is 0.397. The van der Waals surface area contributed by atoms with Crippen molar-refractivity contribution in [3.8, 4) is 0 Å². The zero-order chi connectivity index (χ0) is 17.9. The van der Waals surface area contributed by atoms with Gasteiger partial charge in [0.15, 0.2) is 5.79 Å². The molecule has 0 amide bonds. The van der Waals surface area contributed by atoms with E-state index in [1.54, 1.807) is 6.08 Å². The smallest absolute Gasteiger partial charge is 0.321 e. The summed E-state index contributed by atoms with van der Waals surface area (Å²) in [5.41, 5.74) is 6.01. The molecule has 9 nitrogen and oxygen atoms in total. The van der Waals surface area contributed by atoms with Gasteiger partial charge < -0.3 is 30.6 Å². The van der Waals surface area contributed by atoms with Crippen molar-refractivity contribution in [2.45, 2.75) is 44.8 Å². The lowest BCUT2D eigenvalue weighted by Gasteiger charge is -2.25. The summed E-state index contributed by atoms with van der Waals surface area (Å²) in [7, 11) is 0. The van der Waals surface area contributed by atoms with E-state index in [2.05, 4.69) is 5.10 Å². The van der Waals surface area contributed by atoms with Crippen molar-refractivity contribution >= 4 is 11.5 Å². The molecule has 1 aliphatic carbocycles. The summed E-state index contributed by atoms with van der Waals surface area (Å²) in [6.07, 6.45) is 5.12. The van der Waals surface area contributed by atoms with Gasteiger partial charge in [-0.1, -0.05) is 12.2 Å². The molecule has 3 atom stereocenters. The molecule has 4 rings (SSSR count). The maximum Gasteiger partial charge on any atom is 0.321 e. The van der Waals surface area contributed by atoms with Crippen molar-refractivity contribution in [3.05, 3.63) is 40.2 Å². The Bertz CT molecular complexity index is 910. The molecule has 3 aliphatic rings. The Balaban J connectivity index is 2.01. The van der Waals surface area contributed by atoms with E-state index < -0.39 is 11.7 Å². The molecule has 0 aromatic carbocycles. The van der Waals surface area contributed by atoms with Gasteiger partial charge in [-0.3, -0.25) is 0 Å². The van der Waals surface area contributed by atoms with Crippen molar-refractivity contribution in [1.82, 2.24) is 9.67 Å². The Morgan fingerprint density at radius 2 is 2.16 bits per heavy atom. The zero-order valence-electron chi connectivity index (χ0n) is 13.9. The summed E-state index contributed by atoms with van der Waals surface area (Å²) in [5.74, 6) is -1.60. The van der Waals surface area contributed by atoms with Crippen LogP contribution in [0.2, 0.25) is 0 Å². The first-order valence-corrected chi connectivity index (χ1v) is 8.09. The van der Waals surface area contributed by atoms with Crippen molar-refractivity contribution in [1.29, 1.82) is 0 Å². The number of allylic oxidation sites excluding steroid dienone is 4. The summed E-state index contributed by atoms with van der Waals surface area (Å²) in [5, 5.41) is 36.3. The predicted molar refractivity (Wildman–Crippen MR) is 85.9 cm³/mol. The lowest BCUT2D eigenvalue weighted by Crippen LogP contribution is -2.52. The van der Waals surface area contributed by atoms with Gasteiger partial charge in [-0.15, -0.1) is 4.85 Å². The minimum Gasteiger partial charge on any atom is -0.690 e. The van der Waals surface area contributed by atoms with Crippen molar-refractivity contribution in [2.24, 2.45) is 11.7 Å². The van der Waals surface area contributed by atoms with Gasteiger partial charge in [0, 0.05) is 5.92 Å². The third-order valence-electron chi connectivity index (χ3n) is 4.73. The Kier molecular flexibility index (Phi) is 3.35. The number of aliphatic hydroxyl groups is 2. The van der Waals surface area contributed by atoms with E-state index in [0.29, 0.717) is 16.8 Å². The molecule has 9 heteroatoms.